The molecule has 1 aliphatic heterocycles. The van der Waals surface area contributed by atoms with Gasteiger partial charge in [-0.25, -0.2) is 4.98 Å². The van der Waals surface area contributed by atoms with E-state index in [0.29, 0.717) is 11.6 Å². The number of aromatic nitrogens is 1. The number of piperazine rings is 1. The van der Waals surface area contributed by atoms with E-state index in [1.54, 1.807) is 6.92 Å². The second-order valence-electron chi connectivity index (χ2n) is 5.66. The van der Waals surface area contributed by atoms with Crippen molar-refractivity contribution in [3.63, 3.8) is 0 Å². The predicted octanol–water partition coefficient (Wildman–Crippen LogP) is 2.45. The Morgan fingerprint density at radius 3 is 2.61 bits per heavy atom. The average molecular weight is 311 g/mol. The second-order valence-corrected chi connectivity index (χ2v) is 5.66. The Morgan fingerprint density at radius 1 is 1.22 bits per heavy atom. The molecule has 0 saturated carbocycles. The first kappa shape index (κ1) is 15.5. The smallest absolute Gasteiger partial charge is 0.275 e. The lowest BCUT2D eigenvalue weighted by Gasteiger charge is -2.33. The Bertz CT molecular complexity index is 671. The molecule has 0 bridgehead atoms. The predicted molar refractivity (Wildman–Crippen MR) is 89.1 cm³/mol. The van der Waals surface area contributed by atoms with Gasteiger partial charge in [-0.15, -0.1) is 0 Å². The first-order chi connectivity index (χ1) is 11.2. The summed E-state index contributed by atoms with van der Waals surface area (Å²) in [6.07, 6.45) is 5.75. The molecule has 0 N–H and O–H groups in total. The van der Waals surface area contributed by atoms with Crippen molar-refractivity contribution in [1.29, 1.82) is 0 Å². The summed E-state index contributed by atoms with van der Waals surface area (Å²) < 4.78 is 5.11. The summed E-state index contributed by atoms with van der Waals surface area (Å²) in [5.74, 6) is 0.486. The fourth-order valence-corrected chi connectivity index (χ4v) is 2.66. The molecule has 0 spiro atoms. The van der Waals surface area contributed by atoms with Crippen LogP contribution in [-0.2, 0) is 0 Å². The highest BCUT2D eigenvalue weighted by molar-refractivity contribution is 5.92. The summed E-state index contributed by atoms with van der Waals surface area (Å²) in [6.45, 7) is 5.85. The van der Waals surface area contributed by atoms with Crippen LogP contribution in [0.3, 0.4) is 0 Å². The van der Waals surface area contributed by atoms with Crippen LogP contribution in [0.15, 0.2) is 47.1 Å². The molecule has 0 aliphatic carbocycles. The minimum absolute atomic E-state index is 0.0404. The molecule has 1 aromatic carbocycles. The molecule has 0 unspecified atom stereocenters. The van der Waals surface area contributed by atoms with Crippen LogP contribution in [0.1, 0.15) is 21.9 Å². The number of carbonyl (C=O) groups excluding carboxylic acids is 1. The summed E-state index contributed by atoms with van der Waals surface area (Å²) in [4.78, 5) is 20.6. The molecule has 1 aromatic heterocycles. The zero-order chi connectivity index (χ0) is 16.1. The zero-order valence-corrected chi connectivity index (χ0v) is 13.3. The fourth-order valence-electron chi connectivity index (χ4n) is 2.66. The fraction of sp³-hybridized carbons (Fsp3) is 0.333. The molecule has 5 heteroatoms. The van der Waals surface area contributed by atoms with Crippen LogP contribution < -0.4 is 0 Å². The summed E-state index contributed by atoms with van der Waals surface area (Å²) >= 11 is 0. The van der Waals surface area contributed by atoms with Crippen molar-refractivity contribution < 1.29 is 9.21 Å². The minimum Gasteiger partial charge on any atom is -0.448 e. The molecule has 1 fully saturated rings. The standard InChI is InChI=1S/C18H21N3O2/c1-15-19-17(14-23-15)18(22)21-12-10-20(11-13-21)9-5-8-16-6-3-2-4-7-16/h2-8,14H,9-13H2,1H3/b8-5+. The molecule has 1 amide bonds. The third kappa shape index (κ3) is 4.07. The van der Waals surface area contributed by atoms with Crippen molar-refractivity contribution in [3.05, 3.63) is 59.8 Å². The molecule has 2 heterocycles. The number of carbonyl (C=O) groups is 1. The van der Waals surface area contributed by atoms with Crippen molar-refractivity contribution in [2.75, 3.05) is 32.7 Å². The van der Waals surface area contributed by atoms with E-state index in [4.69, 9.17) is 4.42 Å². The van der Waals surface area contributed by atoms with Gasteiger partial charge in [-0.1, -0.05) is 42.5 Å². The van der Waals surface area contributed by atoms with E-state index in [1.807, 2.05) is 23.1 Å². The lowest BCUT2D eigenvalue weighted by Crippen LogP contribution is -2.48. The van der Waals surface area contributed by atoms with Crippen LogP contribution in [-0.4, -0.2) is 53.4 Å². The van der Waals surface area contributed by atoms with Crippen molar-refractivity contribution >= 4 is 12.0 Å². The van der Waals surface area contributed by atoms with Crippen molar-refractivity contribution in [2.45, 2.75) is 6.92 Å². The number of benzene rings is 1. The number of nitrogens with zero attached hydrogens (tertiary/aromatic N) is 3. The van der Waals surface area contributed by atoms with Gasteiger partial charge in [0.25, 0.3) is 5.91 Å². The van der Waals surface area contributed by atoms with Gasteiger partial charge in [0.15, 0.2) is 11.6 Å². The molecule has 5 nitrogen and oxygen atoms in total. The Labute approximate surface area is 136 Å². The third-order valence-electron chi connectivity index (χ3n) is 3.97. The topological polar surface area (TPSA) is 49.6 Å². The van der Waals surface area contributed by atoms with Crippen LogP contribution in [0.5, 0.6) is 0 Å². The van der Waals surface area contributed by atoms with Crippen molar-refractivity contribution in [1.82, 2.24) is 14.8 Å². The number of hydrogen-bond acceptors (Lipinski definition) is 4. The molecular formula is C18H21N3O2. The zero-order valence-electron chi connectivity index (χ0n) is 13.3. The van der Waals surface area contributed by atoms with Crippen LogP contribution in [0.2, 0.25) is 0 Å². The van der Waals surface area contributed by atoms with Gasteiger partial charge in [-0.05, 0) is 5.56 Å². The number of hydrogen-bond donors (Lipinski definition) is 0. The Hall–Kier alpha value is -2.40. The average Bonchev–Trinajstić information content (AvgIpc) is 3.02. The van der Waals surface area contributed by atoms with Crippen LogP contribution in [0.4, 0.5) is 0 Å². The normalized spacial score (nSPS) is 16.1. The molecule has 3 rings (SSSR count). The Morgan fingerprint density at radius 2 is 1.96 bits per heavy atom. The van der Waals surface area contributed by atoms with Gasteiger partial charge < -0.3 is 9.32 Å². The van der Waals surface area contributed by atoms with Gasteiger partial charge in [0.1, 0.15) is 6.26 Å². The van der Waals surface area contributed by atoms with Crippen LogP contribution in [0.25, 0.3) is 6.08 Å². The summed E-state index contributed by atoms with van der Waals surface area (Å²) in [7, 11) is 0. The second kappa shape index (κ2) is 7.24. The Kier molecular flexibility index (Phi) is 4.88. The maximum atomic E-state index is 12.3. The van der Waals surface area contributed by atoms with Gasteiger partial charge in [0.2, 0.25) is 0 Å². The van der Waals surface area contributed by atoms with E-state index in [0.717, 1.165) is 32.7 Å². The largest absolute Gasteiger partial charge is 0.448 e. The number of aryl methyl sites for hydroxylation is 1. The van der Waals surface area contributed by atoms with E-state index >= 15 is 0 Å². The summed E-state index contributed by atoms with van der Waals surface area (Å²) in [6, 6.07) is 10.3. The van der Waals surface area contributed by atoms with E-state index in [1.165, 1.54) is 11.8 Å². The van der Waals surface area contributed by atoms with Gasteiger partial charge >= 0.3 is 0 Å². The number of oxazole rings is 1. The van der Waals surface area contributed by atoms with E-state index in [9.17, 15) is 4.79 Å². The van der Waals surface area contributed by atoms with Crippen LogP contribution in [0, 0.1) is 6.92 Å². The Balaban J connectivity index is 1.47. The maximum Gasteiger partial charge on any atom is 0.275 e. The molecule has 23 heavy (non-hydrogen) atoms. The molecule has 1 saturated heterocycles. The molecule has 120 valence electrons. The maximum absolute atomic E-state index is 12.3. The first-order valence-corrected chi connectivity index (χ1v) is 7.88. The number of rotatable bonds is 4. The summed E-state index contributed by atoms with van der Waals surface area (Å²) in [5, 5.41) is 0. The number of amides is 1. The van der Waals surface area contributed by atoms with E-state index in [2.05, 4.69) is 34.2 Å². The highest BCUT2D eigenvalue weighted by atomic mass is 16.3. The monoisotopic (exact) mass is 311 g/mol. The van der Waals surface area contributed by atoms with Crippen molar-refractivity contribution in [2.24, 2.45) is 0 Å². The summed E-state index contributed by atoms with van der Waals surface area (Å²) in [5.41, 5.74) is 1.61. The highest BCUT2D eigenvalue weighted by Gasteiger charge is 2.23. The molecular weight excluding hydrogens is 290 g/mol. The first-order valence-electron chi connectivity index (χ1n) is 7.88. The van der Waals surface area contributed by atoms with E-state index in [-0.39, 0.29) is 5.91 Å². The molecule has 0 radical (unpaired) electrons. The van der Waals surface area contributed by atoms with E-state index < -0.39 is 0 Å². The van der Waals surface area contributed by atoms with Crippen molar-refractivity contribution in [3.8, 4) is 0 Å². The molecule has 0 atom stereocenters. The third-order valence-corrected chi connectivity index (χ3v) is 3.97. The lowest BCUT2D eigenvalue weighted by molar-refractivity contribution is 0.0644. The molecule has 1 aliphatic rings. The van der Waals surface area contributed by atoms with Crippen LogP contribution >= 0.6 is 0 Å². The van der Waals surface area contributed by atoms with Gasteiger partial charge in [-0.3, -0.25) is 9.69 Å². The SMILES string of the molecule is Cc1nc(C(=O)N2CCN(C/C=C/c3ccccc3)CC2)co1. The van der Waals surface area contributed by atoms with Gasteiger partial charge in [-0.2, -0.15) is 0 Å². The van der Waals surface area contributed by atoms with Gasteiger partial charge in [0, 0.05) is 39.6 Å². The minimum atomic E-state index is -0.0404. The quantitative estimate of drug-likeness (QED) is 0.870. The molecule has 2 aromatic rings. The lowest BCUT2D eigenvalue weighted by atomic mass is 10.2. The van der Waals surface area contributed by atoms with Gasteiger partial charge in [0.05, 0.1) is 0 Å². The highest BCUT2D eigenvalue weighted by Crippen LogP contribution is 2.09.